The topological polar surface area (TPSA) is 147 Å². The molecule has 1 aromatic carbocycles. The van der Waals surface area contributed by atoms with Gasteiger partial charge in [0.15, 0.2) is 11.6 Å². The summed E-state index contributed by atoms with van der Waals surface area (Å²) in [6.07, 6.45) is 4.35. The number of carbonyl (C=O) groups excluding carboxylic acids is 2. The SMILES string of the molecule is CC(=O)Nc1ccc(Nc2ncnc(NNC(=O)c3ccncc3)c2N)cc1. The second kappa shape index (κ2) is 8.45. The van der Waals surface area contributed by atoms with Crippen LogP contribution in [0, 0.1) is 0 Å². The van der Waals surface area contributed by atoms with E-state index in [4.69, 9.17) is 5.73 Å². The molecule has 0 radical (unpaired) electrons. The van der Waals surface area contributed by atoms with Gasteiger partial charge in [-0.2, -0.15) is 0 Å². The lowest BCUT2D eigenvalue weighted by molar-refractivity contribution is -0.114. The molecule has 2 aromatic heterocycles. The zero-order valence-corrected chi connectivity index (χ0v) is 14.9. The number of hydrogen-bond acceptors (Lipinski definition) is 8. The Kier molecular flexibility index (Phi) is 5.60. The number of nitrogen functional groups attached to an aromatic ring is 1. The van der Waals surface area contributed by atoms with Crippen molar-refractivity contribution in [1.82, 2.24) is 20.4 Å². The number of nitrogens with two attached hydrogens (primary N) is 1. The zero-order chi connectivity index (χ0) is 19.9. The molecule has 0 bridgehead atoms. The summed E-state index contributed by atoms with van der Waals surface area (Å²) in [4.78, 5) is 35.2. The predicted octanol–water partition coefficient (Wildman–Crippen LogP) is 1.91. The van der Waals surface area contributed by atoms with Gasteiger partial charge < -0.3 is 16.4 Å². The summed E-state index contributed by atoms with van der Waals surface area (Å²) >= 11 is 0. The Hall–Kier alpha value is -4.21. The summed E-state index contributed by atoms with van der Waals surface area (Å²) < 4.78 is 0. The van der Waals surface area contributed by atoms with Gasteiger partial charge in [-0.05, 0) is 36.4 Å². The van der Waals surface area contributed by atoms with Crippen molar-refractivity contribution in [3.63, 3.8) is 0 Å². The highest BCUT2D eigenvalue weighted by molar-refractivity contribution is 5.95. The maximum atomic E-state index is 12.1. The van der Waals surface area contributed by atoms with Crippen LogP contribution in [-0.2, 0) is 4.79 Å². The number of amides is 2. The summed E-state index contributed by atoms with van der Waals surface area (Å²) in [6.45, 7) is 1.44. The molecule has 10 heteroatoms. The van der Waals surface area contributed by atoms with E-state index in [1.54, 1.807) is 36.4 Å². The molecule has 0 saturated carbocycles. The van der Waals surface area contributed by atoms with E-state index in [2.05, 4.69) is 36.4 Å². The highest BCUT2D eigenvalue weighted by Gasteiger charge is 2.10. The van der Waals surface area contributed by atoms with E-state index in [1.807, 2.05) is 0 Å². The van der Waals surface area contributed by atoms with Crippen molar-refractivity contribution in [2.75, 3.05) is 21.8 Å². The van der Waals surface area contributed by atoms with E-state index < -0.39 is 0 Å². The fourth-order valence-electron chi connectivity index (χ4n) is 2.26. The Morgan fingerprint density at radius 2 is 1.57 bits per heavy atom. The van der Waals surface area contributed by atoms with E-state index in [1.165, 1.54) is 25.6 Å². The van der Waals surface area contributed by atoms with Crippen LogP contribution in [0.1, 0.15) is 17.3 Å². The van der Waals surface area contributed by atoms with Gasteiger partial charge in [0, 0.05) is 36.3 Å². The summed E-state index contributed by atoms with van der Waals surface area (Å²) in [5, 5.41) is 5.75. The summed E-state index contributed by atoms with van der Waals surface area (Å²) in [7, 11) is 0. The molecule has 0 fully saturated rings. The molecular formula is C18H18N8O2. The molecule has 2 heterocycles. The lowest BCUT2D eigenvalue weighted by Gasteiger charge is -2.13. The van der Waals surface area contributed by atoms with Crippen LogP contribution in [0.2, 0.25) is 0 Å². The van der Waals surface area contributed by atoms with Crippen LogP contribution in [0.5, 0.6) is 0 Å². The molecule has 0 atom stereocenters. The van der Waals surface area contributed by atoms with Crippen LogP contribution in [0.3, 0.4) is 0 Å². The second-order valence-corrected chi connectivity index (χ2v) is 5.68. The van der Waals surface area contributed by atoms with Crippen molar-refractivity contribution in [3.05, 3.63) is 60.7 Å². The average Bonchev–Trinajstić information content (AvgIpc) is 2.70. The normalized spacial score (nSPS) is 10.0. The average molecular weight is 378 g/mol. The molecule has 142 valence electrons. The van der Waals surface area contributed by atoms with E-state index in [0.717, 1.165) is 0 Å². The molecule has 2 amide bonds. The molecule has 0 aliphatic heterocycles. The first-order chi connectivity index (χ1) is 13.5. The smallest absolute Gasteiger partial charge is 0.269 e. The minimum Gasteiger partial charge on any atom is -0.393 e. The summed E-state index contributed by atoms with van der Waals surface area (Å²) in [5.41, 5.74) is 13.3. The highest BCUT2D eigenvalue weighted by Crippen LogP contribution is 2.26. The van der Waals surface area contributed by atoms with Gasteiger partial charge >= 0.3 is 0 Å². The molecule has 28 heavy (non-hydrogen) atoms. The van der Waals surface area contributed by atoms with E-state index in [-0.39, 0.29) is 23.3 Å². The molecule has 10 nitrogen and oxygen atoms in total. The van der Waals surface area contributed by atoms with Gasteiger partial charge in [0.1, 0.15) is 12.0 Å². The number of nitrogens with zero attached hydrogens (tertiary/aromatic N) is 3. The van der Waals surface area contributed by atoms with E-state index in [0.29, 0.717) is 22.8 Å². The molecule has 0 spiro atoms. The number of aromatic nitrogens is 3. The van der Waals surface area contributed by atoms with Gasteiger partial charge in [-0.25, -0.2) is 9.97 Å². The van der Waals surface area contributed by atoms with Crippen LogP contribution in [0.4, 0.5) is 28.7 Å². The molecule has 0 aliphatic rings. The fraction of sp³-hybridized carbons (Fsp3) is 0.0556. The minimum atomic E-state index is -0.358. The maximum Gasteiger partial charge on any atom is 0.269 e. The molecule has 6 N–H and O–H groups in total. The van der Waals surface area contributed by atoms with Crippen LogP contribution < -0.4 is 27.2 Å². The number of anilines is 5. The molecule has 3 rings (SSSR count). The molecular weight excluding hydrogens is 360 g/mol. The van der Waals surface area contributed by atoms with Crippen LogP contribution >= 0.6 is 0 Å². The molecule has 0 saturated heterocycles. The van der Waals surface area contributed by atoms with Crippen molar-refractivity contribution >= 4 is 40.5 Å². The first-order valence-corrected chi connectivity index (χ1v) is 8.24. The summed E-state index contributed by atoms with van der Waals surface area (Å²) in [6, 6.07) is 10.2. The van der Waals surface area contributed by atoms with Gasteiger partial charge in [-0.3, -0.25) is 25.4 Å². The monoisotopic (exact) mass is 378 g/mol. The first-order valence-electron chi connectivity index (χ1n) is 8.24. The number of nitrogens with one attached hydrogen (secondary N) is 4. The number of hydrazine groups is 1. The molecule has 3 aromatic rings. The molecule has 0 unspecified atom stereocenters. The van der Waals surface area contributed by atoms with Gasteiger partial charge in [0.05, 0.1) is 0 Å². The van der Waals surface area contributed by atoms with Crippen LogP contribution in [-0.4, -0.2) is 26.8 Å². The zero-order valence-electron chi connectivity index (χ0n) is 14.9. The highest BCUT2D eigenvalue weighted by atomic mass is 16.2. The van der Waals surface area contributed by atoms with Crippen molar-refractivity contribution in [1.29, 1.82) is 0 Å². The third-order valence-electron chi connectivity index (χ3n) is 3.59. The minimum absolute atomic E-state index is 0.148. The first kappa shape index (κ1) is 18.6. The maximum absolute atomic E-state index is 12.1. The largest absolute Gasteiger partial charge is 0.393 e. The Morgan fingerprint density at radius 1 is 0.929 bits per heavy atom. The van der Waals surface area contributed by atoms with Crippen LogP contribution in [0.15, 0.2) is 55.1 Å². The Balaban J connectivity index is 1.67. The number of benzene rings is 1. The fourth-order valence-corrected chi connectivity index (χ4v) is 2.26. The Bertz CT molecular complexity index is 977. The van der Waals surface area contributed by atoms with Crippen LogP contribution in [0.25, 0.3) is 0 Å². The number of carbonyl (C=O) groups is 2. The standard InChI is InChI=1S/C18H18N8O2/c1-11(27)23-13-2-4-14(5-3-13)24-16-15(19)17(22-10-21-16)25-26-18(28)12-6-8-20-9-7-12/h2-10H,19H2,1H3,(H,23,27)(H,26,28)(H2,21,22,24,25). The van der Waals surface area contributed by atoms with Crippen molar-refractivity contribution in [2.45, 2.75) is 6.92 Å². The quantitative estimate of drug-likeness (QED) is 0.409. The van der Waals surface area contributed by atoms with E-state index >= 15 is 0 Å². The van der Waals surface area contributed by atoms with Gasteiger partial charge in [-0.15, -0.1) is 0 Å². The van der Waals surface area contributed by atoms with Crippen molar-refractivity contribution < 1.29 is 9.59 Å². The Morgan fingerprint density at radius 3 is 2.25 bits per heavy atom. The number of pyridine rings is 1. The lowest BCUT2D eigenvalue weighted by Crippen LogP contribution is -2.30. The second-order valence-electron chi connectivity index (χ2n) is 5.68. The van der Waals surface area contributed by atoms with E-state index in [9.17, 15) is 9.59 Å². The van der Waals surface area contributed by atoms with Gasteiger partial charge in [-0.1, -0.05) is 0 Å². The number of hydrogen-bond donors (Lipinski definition) is 5. The Labute approximate surface area is 160 Å². The molecule has 0 aliphatic carbocycles. The van der Waals surface area contributed by atoms with Crippen molar-refractivity contribution in [2.24, 2.45) is 0 Å². The number of rotatable bonds is 6. The summed E-state index contributed by atoms with van der Waals surface area (Å²) in [5.74, 6) is 0.103. The van der Waals surface area contributed by atoms with Crippen molar-refractivity contribution in [3.8, 4) is 0 Å². The lowest BCUT2D eigenvalue weighted by atomic mass is 10.2. The third kappa shape index (κ3) is 4.69. The predicted molar refractivity (Wildman–Crippen MR) is 106 cm³/mol. The van der Waals surface area contributed by atoms with Gasteiger partial charge in [0.25, 0.3) is 5.91 Å². The van der Waals surface area contributed by atoms with Gasteiger partial charge in [0.2, 0.25) is 5.91 Å². The third-order valence-corrected chi connectivity index (χ3v) is 3.59.